The third-order valence-electron chi connectivity index (χ3n) is 1.70. The summed E-state index contributed by atoms with van der Waals surface area (Å²) in [5.74, 6) is 0.737. The standard InChI is InChI=1S/C10H14N2O3/c1-11-10(14)12-5-6-15-9-4-2-3-8(13)7-9/h2-4,7,13H,5-6H2,1H3,(H2,11,12,14). The van der Waals surface area contributed by atoms with Crippen molar-refractivity contribution >= 4 is 6.03 Å². The number of rotatable bonds is 4. The van der Waals surface area contributed by atoms with Crippen LogP contribution in [0, 0.1) is 0 Å². The van der Waals surface area contributed by atoms with Crippen LogP contribution in [0.2, 0.25) is 0 Å². The number of nitrogens with one attached hydrogen (secondary N) is 2. The lowest BCUT2D eigenvalue weighted by Gasteiger charge is -2.07. The molecule has 1 aromatic carbocycles. The molecule has 0 aliphatic rings. The second-order valence-corrected chi connectivity index (χ2v) is 2.85. The molecule has 2 amide bonds. The number of amides is 2. The Labute approximate surface area is 88.1 Å². The third-order valence-corrected chi connectivity index (χ3v) is 1.70. The van der Waals surface area contributed by atoms with E-state index in [1.54, 1.807) is 25.2 Å². The fourth-order valence-electron chi connectivity index (χ4n) is 0.995. The molecule has 1 rings (SSSR count). The molecule has 0 heterocycles. The van der Waals surface area contributed by atoms with Gasteiger partial charge in [-0.2, -0.15) is 0 Å². The molecule has 0 spiro atoms. The van der Waals surface area contributed by atoms with Crippen LogP contribution in [0.15, 0.2) is 24.3 Å². The molecule has 5 heteroatoms. The van der Waals surface area contributed by atoms with Crippen molar-refractivity contribution in [3.05, 3.63) is 24.3 Å². The number of phenols is 1. The van der Waals surface area contributed by atoms with E-state index in [4.69, 9.17) is 9.84 Å². The molecule has 0 saturated carbocycles. The average Bonchev–Trinajstić information content (AvgIpc) is 2.24. The van der Waals surface area contributed by atoms with Gasteiger partial charge in [0.1, 0.15) is 18.1 Å². The molecule has 82 valence electrons. The highest BCUT2D eigenvalue weighted by Gasteiger charge is 1.96. The summed E-state index contributed by atoms with van der Waals surface area (Å²) in [5.41, 5.74) is 0. The minimum Gasteiger partial charge on any atom is -0.508 e. The monoisotopic (exact) mass is 210 g/mol. The molecule has 0 unspecified atom stereocenters. The zero-order valence-electron chi connectivity index (χ0n) is 8.49. The molecular weight excluding hydrogens is 196 g/mol. The lowest BCUT2D eigenvalue weighted by Crippen LogP contribution is -2.35. The van der Waals surface area contributed by atoms with Gasteiger partial charge in [-0.25, -0.2) is 4.79 Å². The minimum absolute atomic E-state index is 0.159. The molecule has 0 aliphatic carbocycles. The van der Waals surface area contributed by atoms with E-state index >= 15 is 0 Å². The van der Waals surface area contributed by atoms with Gasteiger partial charge in [0.15, 0.2) is 0 Å². The molecule has 0 aromatic heterocycles. The fraction of sp³-hybridized carbons (Fsp3) is 0.300. The van der Waals surface area contributed by atoms with E-state index in [0.717, 1.165) is 0 Å². The lowest BCUT2D eigenvalue weighted by molar-refractivity contribution is 0.238. The number of hydrogen-bond donors (Lipinski definition) is 3. The van der Waals surface area contributed by atoms with Crippen LogP contribution in [0.1, 0.15) is 0 Å². The van der Waals surface area contributed by atoms with Gasteiger partial charge in [-0.05, 0) is 12.1 Å². The first-order valence-electron chi connectivity index (χ1n) is 4.60. The minimum atomic E-state index is -0.241. The molecule has 0 fully saturated rings. The zero-order chi connectivity index (χ0) is 11.1. The van der Waals surface area contributed by atoms with Gasteiger partial charge in [-0.1, -0.05) is 6.07 Å². The second-order valence-electron chi connectivity index (χ2n) is 2.85. The Kier molecular flexibility index (Phi) is 4.28. The van der Waals surface area contributed by atoms with Crippen molar-refractivity contribution in [2.75, 3.05) is 20.2 Å². The van der Waals surface area contributed by atoms with Crippen LogP contribution in [0.5, 0.6) is 11.5 Å². The number of carbonyl (C=O) groups excluding carboxylic acids is 1. The number of phenolic OH excluding ortho intramolecular Hbond substituents is 1. The number of aromatic hydroxyl groups is 1. The molecular formula is C10H14N2O3. The Morgan fingerprint density at radius 3 is 3.00 bits per heavy atom. The quantitative estimate of drug-likeness (QED) is 0.641. The van der Waals surface area contributed by atoms with E-state index in [2.05, 4.69) is 10.6 Å². The molecule has 0 radical (unpaired) electrons. The highest BCUT2D eigenvalue weighted by Crippen LogP contribution is 2.17. The molecule has 15 heavy (non-hydrogen) atoms. The maximum absolute atomic E-state index is 10.8. The van der Waals surface area contributed by atoms with Crippen LogP contribution in [-0.4, -0.2) is 31.3 Å². The molecule has 0 atom stereocenters. The van der Waals surface area contributed by atoms with Crippen molar-refractivity contribution < 1.29 is 14.6 Å². The molecule has 1 aromatic rings. The Morgan fingerprint density at radius 1 is 1.53 bits per heavy atom. The molecule has 3 N–H and O–H groups in total. The Bertz CT molecular complexity index is 328. The Morgan fingerprint density at radius 2 is 2.33 bits per heavy atom. The molecule has 5 nitrogen and oxygen atoms in total. The van der Waals surface area contributed by atoms with E-state index in [9.17, 15) is 4.79 Å². The molecule has 0 bridgehead atoms. The van der Waals surface area contributed by atoms with Gasteiger partial charge in [0.25, 0.3) is 0 Å². The van der Waals surface area contributed by atoms with Gasteiger partial charge >= 0.3 is 6.03 Å². The van der Waals surface area contributed by atoms with E-state index in [1.165, 1.54) is 6.07 Å². The normalized spacial score (nSPS) is 9.40. The van der Waals surface area contributed by atoms with Crippen LogP contribution >= 0.6 is 0 Å². The second kappa shape index (κ2) is 5.74. The summed E-state index contributed by atoms with van der Waals surface area (Å²) in [6, 6.07) is 6.26. The Hall–Kier alpha value is -1.91. The number of benzene rings is 1. The number of urea groups is 1. The highest BCUT2D eigenvalue weighted by molar-refractivity contribution is 5.73. The van der Waals surface area contributed by atoms with Crippen molar-refractivity contribution in [1.29, 1.82) is 0 Å². The SMILES string of the molecule is CNC(=O)NCCOc1cccc(O)c1. The maximum Gasteiger partial charge on any atom is 0.314 e. The van der Waals surface area contributed by atoms with Gasteiger partial charge < -0.3 is 20.5 Å². The average molecular weight is 210 g/mol. The maximum atomic E-state index is 10.8. The van der Waals surface area contributed by atoms with Gasteiger partial charge in [0, 0.05) is 13.1 Å². The predicted octanol–water partition coefficient (Wildman–Crippen LogP) is 0.700. The van der Waals surface area contributed by atoms with Crippen LogP contribution < -0.4 is 15.4 Å². The van der Waals surface area contributed by atoms with Crippen molar-refractivity contribution in [2.45, 2.75) is 0 Å². The first-order chi connectivity index (χ1) is 7.22. The van der Waals surface area contributed by atoms with E-state index in [1.807, 2.05) is 0 Å². The molecule has 0 saturated heterocycles. The fourth-order valence-corrected chi connectivity index (χ4v) is 0.995. The summed E-state index contributed by atoms with van der Waals surface area (Å²) in [6.07, 6.45) is 0. The van der Waals surface area contributed by atoms with E-state index in [0.29, 0.717) is 18.9 Å². The van der Waals surface area contributed by atoms with Crippen LogP contribution in [0.25, 0.3) is 0 Å². The topological polar surface area (TPSA) is 70.6 Å². The lowest BCUT2D eigenvalue weighted by atomic mass is 10.3. The van der Waals surface area contributed by atoms with Crippen molar-refractivity contribution in [1.82, 2.24) is 10.6 Å². The van der Waals surface area contributed by atoms with Gasteiger partial charge in [-0.3, -0.25) is 0 Å². The predicted molar refractivity (Wildman–Crippen MR) is 56.1 cm³/mol. The van der Waals surface area contributed by atoms with Gasteiger partial charge in [0.2, 0.25) is 0 Å². The molecule has 0 aliphatic heterocycles. The first kappa shape index (κ1) is 11.2. The Balaban J connectivity index is 2.23. The largest absolute Gasteiger partial charge is 0.508 e. The van der Waals surface area contributed by atoms with Crippen molar-refractivity contribution in [3.8, 4) is 11.5 Å². The van der Waals surface area contributed by atoms with Crippen molar-refractivity contribution in [3.63, 3.8) is 0 Å². The summed E-state index contributed by atoms with van der Waals surface area (Å²) < 4.78 is 5.28. The number of ether oxygens (including phenoxy) is 1. The highest BCUT2D eigenvalue weighted by atomic mass is 16.5. The van der Waals surface area contributed by atoms with Crippen LogP contribution in [0.3, 0.4) is 0 Å². The summed E-state index contributed by atoms with van der Waals surface area (Å²) in [5, 5.41) is 14.1. The number of hydrogen-bond acceptors (Lipinski definition) is 3. The smallest absolute Gasteiger partial charge is 0.314 e. The summed E-state index contributed by atoms with van der Waals surface area (Å²) in [4.78, 5) is 10.8. The van der Waals surface area contributed by atoms with E-state index in [-0.39, 0.29) is 11.8 Å². The van der Waals surface area contributed by atoms with Crippen molar-refractivity contribution in [2.24, 2.45) is 0 Å². The summed E-state index contributed by atoms with van der Waals surface area (Å²) in [6.45, 7) is 0.770. The zero-order valence-corrected chi connectivity index (χ0v) is 8.49. The van der Waals surface area contributed by atoms with Gasteiger partial charge in [0.05, 0.1) is 6.54 Å². The van der Waals surface area contributed by atoms with Crippen LogP contribution in [0.4, 0.5) is 4.79 Å². The third kappa shape index (κ3) is 4.21. The van der Waals surface area contributed by atoms with Crippen LogP contribution in [-0.2, 0) is 0 Å². The first-order valence-corrected chi connectivity index (χ1v) is 4.60. The van der Waals surface area contributed by atoms with E-state index < -0.39 is 0 Å². The number of carbonyl (C=O) groups is 1. The van der Waals surface area contributed by atoms with Gasteiger partial charge in [-0.15, -0.1) is 0 Å². The summed E-state index contributed by atoms with van der Waals surface area (Å²) >= 11 is 0. The summed E-state index contributed by atoms with van der Waals surface area (Å²) in [7, 11) is 1.55.